The van der Waals surface area contributed by atoms with Gasteiger partial charge in [-0.15, -0.1) is 0 Å². The van der Waals surface area contributed by atoms with Crippen molar-refractivity contribution < 1.29 is 13.2 Å². The van der Waals surface area contributed by atoms with Crippen LogP contribution >= 0.6 is 0 Å². The van der Waals surface area contributed by atoms with Gasteiger partial charge in [-0.05, 0) is 36.6 Å². The maximum absolute atomic E-state index is 12.9. The largest absolute Gasteiger partial charge is 0.416 e. The van der Waals surface area contributed by atoms with Gasteiger partial charge in [-0.25, -0.2) is 0 Å². The van der Waals surface area contributed by atoms with Crippen LogP contribution in [0.2, 0.25) is 0 Å². The molecular weight excluding hydrogens is 265 g/mol. The van der Waals surface area contributed by atoms with E-state index in [4.69, 9.17) is 5.73 Å². The van der Waals surface area contributed by atoms with Crippen LogP contribution in [0.5, 0.6) is 0 Å². The molecule has 112 valence electrons. The molecule has 1 aliphatic carbocycles. The van der Waals surface area contributed by atoms with Crippen molar-refractivity contribution in [3.05, 3.63) is 29.3 Å². The highest BCUT2D eigenvalue weighted by molar-refractivity contribution is 5.57. The molecule has 0 aromatic heterocycles. The second-order valence-electron chi connectivity index (χ2n) is 5.84. The summed E-state index contributed by atoms with van der Waals surface area (Å²) in [6.45, 7) is 0. The van der Waals surface area contributed by atoms with Crippen LogP contribution in [-0.4, -0.2) is 14.1 Å². The van der Waals surface area contributed by atoms with Gasteiger partial charge in [0, 0.05) is 25.3 Å². The zero-order chi connectivity index (χ0) is 15.0. The Bertz CT molecular complexity index is 474. The molecule has 0 aliphatic heterocycles. The van der Waals surface area contributed by atoms with Crippen LogP contribution in [-0.2, 0) is 11.7 Å². The summed E-state index contributed by atoms with van der Waals surface area (Å²) in [5, 5.41) is 0. The SMILES string of the molecule is CN(C)c1ccc(C(F)(F)F)cc1C1(N)CCCCC1. The summed E-state index contributed by atoms with van der Waals surface area (Å²) in [4.78, 5) is 1.83. The summed E-state index contributed by atoms with van der Waals surface area (Å²) in [6, 6.07) is 3.90. The smallest absolute Gasteiger partial charge is 0.377 e. The third-order valence-electron chi connectivity index (χ3n) is 4.09. The lowest BCUT2D eigenvalue weighted by Crippen LogP contribution is -2.40. The molecule has 2 nitrogen and oxygen atoms in total. The van der Waals surface area contributed by atoms with Gasteiger partial charge in [-0.3, -0.25) is 0 Å². The normalized spacial score (nSPS) is 18.9. The molecular formula is C15H21F3N2. The molecule has 0 spiro atoms. The molecule has 0 heterocycles. The highest BCUT2D eigenvalue weighted by atomic mass is 19.4. The van der Waals surface area contributed by atoms with Crippen molar-refractivity contribution in [2.45, 2.75) is 43.8 Å². The first-order valence-corrected chi connectivity index (χ1v) is 6.92. The molecule has 0 radical (unpaired) electrons. The molecule has 2 rings (SSSR count). The summed E-state index contributed by atoms with van der Waals surface area (Å²) in [7, 11) is 3.66. The summed E-state index contributed by atoms with van der Waals surface area (Å²) >= 11 is 0. The van der Waals surface area contributed by atoms with E-state index in [1.54, 1.807) is 0 Å². The second-order valence-corrected chi connectivity index (χ2v) is 5.84. The zero-order valence-electron chi connectivity index (χ0n) is 11.9. The van der Waals surface area contributed by atoms with Gasteiger partial charge >= 0.3 is 6.18 Å². The van der Waals surface area contributed by atoms with Gasteiger partial charge in [0.25, 0.3) is 0 Å². The zero-order valence-corrected chi connectivity index (χ0v) is 11.9. The average molecular weight is 286 g/mol. The Kier molecular flexibility index (Phi) is 4.00. The van der Waals surface area contributed by atoms with E-state index in [1.807, 2.05) is 19.0 Å². The molecule has 1 saturated carbocycles. The molecule has 20 heavy (non-hydrogen) atoms. The maximum Gasteiger partial charge on any atom is 0.416 e. The van der Waals surface area contributed by atoms with E-state index < -0.39 is 17.3 Å². The van der Waals surface area contributed by atoms with Crippen LogP contribution in [0.4, 0.5) is 18.9 Å². The molecule has 0 amide bonds. The van der Waals surface area contributed by atoms with Gasteiger partial charge in [0.05, 0.1) is 5.56 Å². The fourth-order valence-corrected chi connectivity index (χ4v) is 2.95. The van der Waals surface area contributed by atoms with Gasteiger partial charge in [0.15, 0.2) is 0 Å². The summed E-state index contributed by atoms with van der Waals surface area (Å²) < 4.78 is 38.8. The van der Waals surface area contributed by atoms with Crippen molar-refractivity contribution in [2.75, 3.05) is 19.0 Å². The molecule has 1 aromatic rings. The van der Waals surface area contributed by atoms with Crippen LogP contribution in [0.15, 0.2) is 18.2 Å². The van der Waals surface area contributed by atoms with E-state index in [9.17, 15) is 13.2 Å². The number of alkyl halides is 3. The molecule has 1 fully saturated rings. The van der Waals surface area contributed by atoms with E-state index in [-0.39, 0.29) is 0 Å². The summed E-state index contributed by atoms with van der Waals surface area (Å²) in [5.74, 6) is 0. The molecule has 0 atom stereocenters. The Hall–Kier alpha value is -1.23. The predicted octanol–water partition coefficient (Wildman–Crippen LogP) is 3.89. The van der Waals surface area contributed by atoms with Gasteiger partial charge in [-0.2, -0.15) is 13.2 Å². The highest BCUT2D eigenvalue weighted by Crippen LogP contribution is 2.41. The first-order valence-electron chi connectivity index (χ1n) is 6.92. The van der Waals surface area contributed by atoms with Crippen molar-refractivity contribution in [1.82, 2.24) is 0 Å². The molecule has 0 bridgehead atoms. The van der Waals surface area contributed by atoms with Crippen LogP contribution in [0, 0.1) is 0 Å². The van der Waals surface area contributed by atoms with Crippen LogP contribution in [0.25, 0.3) is 0 Å². The van der Waals surface area contributed by atoms with Gasteiger partial charge in [0.1, 0.15) is 0 Å². The predicted molar refractivity (Wildman–Crippen MR) is 74.7 cm³/mol. The minimum atomic E-state index is -4.33. The van der Waals surface area contributed by atoms with Crippen LogP contribution in [0.3, 0.4) is 0 Å². The van der Waals surface area contributed by atoms with Gasteiger partial charge in [0.2, 0.25) is 0 Å². The molecule has 0 unspecified atom stereocenters. The number of halogens is 3. The van der Waals surface area contributed by atoms with Crippen molar-refractivity contribution in [3.8, 4) is 0 Å². The lowest BCUT2D eigenvalue weighted by atomic mass is 9.76. The Morgan fingerprint density at radius 2 is 1.70 bits per heavy atom. The third-order valence-corrected chi connectivity index (χ3v) is 4.09. The number of nitrogens with two attached hydrogens (primary N) is 1. The fourth-order valence-electron chi connectivity index (χ4n) is 2.95. The Morgan fingerprint density at radius 3 is 2.20 bits per heavy atom. The molecule has 0 saturated heterocycles. The highest BCUT2D eigenvalue weighted by Gasteiger charge is 2.36. The third kappa shape index (κ3) is 2.92. The molecule has 1 aliphatic rings. The monoisotopic (exact) mass is 286 g/mol. The average Bonchev–Trinajstić information content (AvgIpc) is 2.38. The molecule has 2 N–H and O–H groups in total. The van der Waals surface area contributed by atoms with E-state index >= 15 is 0 Å². The van der Waals surface area contributed by atoms with Crippen molar-refractivity contribution >= 4 is 5.69 Å². The number of anilines is 1. The number of hydrogen-bond donors (Lipinski definition) is 1. The lowest BCUT2D eigenvalue weighted by molar-refractivity contribution is -0.137. The Balaban J connectivity index is 2.52. The van der Waals surface area contributed by atoms with Crippen LogP contribution in [0.1, 0.15) is 43.2 Å². The standard InChI is InChI=1S/C15H21F3N2/c1-20(2)13-7-6-11(15(16,17)18)10-12(13)14(19)8-4-3-5-9-14/h6-7,10H,3-5,8-9,19H2,1-2H3. The Labute approximate surface area is 117 Å². The van der Waals surface area contributed by atoms with Crippen molar-refractivity contribution in [1.29, 1.82) is 0 Å². The van der Waals surface area contributed by atoms with E-state index in [1.165, 1.54) is 12.1 Å². The van der Waals surface area contributed by atoms with E-state index in [2.05, 4.69) is 0 Å². The number of benzene rings is 1. The molecule has 5 heteroatoms. The second kappa shape index (κ2) is 5.28. The number of hydrogen-bond acceptors (Lipinski definition) is 2. The quantitative estimate of drug-likeness (QED) is 0.893. The lowest BCUT2D eigenvalue weighted by Gasteiger charge is -2.37. The topological polar surface area (TPSA) is 29.3 Å². The van der Waals surface area contributed by atoms with E-state index in [0.29, 0.717) is 5.56 Å². The summed E-state index contributed by atoms with van der Waals surface area (Å²) in [5.41, 5.74) is 6.58. The van der Waals surface area contributed by atoms with Crippen molar-refractivity contribution in [2.24, 2.45) is 5.73 Å². The first kappa shape index (κ1) is 15.2. The minimum absolute atomic E-state index is 0.617. The summed E-state index contributed by atoms with van der Waals surface area (Å²) in [6.07, 6.45) is 0.212. The number of nitrogens with zero attached hydrogens (tertiary/aromatic N) is 1. The maximum atomic E-state index is 12.9. The van der Waals surface area contributed by atoms with Gasteiger partial charge in [-0.1, -0.05) is 19.3 Å². The fraction of sp³-hybridized carbons (Fsp3) is 0.600. The van der Waals surface area contributed by atoms with Crippen LogP contribution < -0.4 is 10.6 Å². The van der Waals surface area contributed by atoms with Crippen molar-refractivity contribution in [3.63, 3.8) is 0 Å². The van der Waals surface area contributed by atoms with E-state index in [0.717, 1.165) is 43.9 Å². The Morgan fingerprint density at radius 1 is 1.10 bits per heavy atom. The first-order chi connectivity index (χ1) is 9.24. The molecule has 1 aromatic carbocycles. The number of rotatable bonds is 2. The van der Waals surface area contributed by atoms with Gasteiger partial charge < -0.3 is 10.6 Å². The minimum Gasteiger partial charge on any atom is -0.377 e.